The Morgan fingerprint density at radius 2 is 1.77 bits per heavy atom. The summed E-state index contributed by atoms with van der Waals surface area (Å²) in [4.78, 5) is 23.5. The maximum absolute atomic E-state index is 12.5. The number of hydrogen-bond acceptors (Lipinski definition) is 2. The Morgan fingerprint density at radius 3 is 2.47 bits per heavy atom. The summed E-state index contributed by atoms with van der Waals surface area (Å²) in [6.45, 7) is 2.66. The lowest BCUT2D eigenvalue weighted by atomic mass is 10.1. The summed E-state index contributed by atoms with van der Waals surface area (Å²) >= 11 is 3.57. The Balaban J connectivity index is 1.83. The van der Waals surface area contributed by atoms with E-state index in [1.807, 2.05) is 12.2 Å². The monoisotopic (exact) mass is 465 g/mol. The zero-order valence-electron chi connectivity index (χ0n) is 16.8. The fourth-order valence-corrected chi connectivity index (χ4v) is 3.82. The highest BCUT2D eigenvalue weighted by atomic mass is 79.9. The number of pyridine rings is 1. The lowest BCUT2D eigenvalue weighted by Crippen LogP contribution is -2.22. The largest absolute Gasteiger partial charge is 0.478 e. The second-order valence-corrected chi connectivity index (χ2v) is 7.99. The third-order valence-corrected chi connectivity index (χ3v) is 5.59. The van der Waals surface area contributed by atoms with Crippen molar-refractivity contribution in [1.82, 2.24) is 4.57 Å². The van der Waals surface area contributed by atoms with E-state index < -0.39 is 5.97 Å². The highest BCUT2D eigenvalue weighted by molar-refractivity contribution is 9.10. The molecule has 30 heavy (non-hydrogen) atoms. The first-order valence-electron chi connectivity index (χ1n) is 9.96. The predicted molar refractivity (Wildman–Crippen MR) is 125 cm³/mol. The van der Waals surface area contributed by atoms with Gasteiger partial charge in [0.15, 0.2) is 0 Å². The number of rotatable bonds is 8. The minimum absolute atomic E-state index is 0.0697. The molecule has 2 aromatic carbocycles. The van der Waals surface area contributed by atoms with Crippen LogP contribution in [0.15, 0.2) is 69.9 Å². The summed E-state index contributed by atoms with van der Waals surface area (Å²) in [6, 6.07) is 18.5. The minimum atomic E-state index is -0.944. The molecule has 5 heteroatoms. The first kappa shape index (κ1) is 21.8. The van der Waals surface area contributed by atoms with Crippen molar-refractivity contribution in [1.29, 1.82) is 0 Å². The molecular formula is C25H24BrNO3. The van der Waals surface area contributed by atoms with Crippen molar-refractivity contribution >= 4 is 34.1 Å². The van der Waals surface area contributed by atoms with Gasteiger partial charge >= 0.3 is 5.97 Å². The number of benzene rings is 2. The van der Waals surface area contributed by atoms with E-state index in [1.54, 1.807) is 41.0 Å². The first-order chi connectivity index (χ1) is 14.5. The summed E-state index contributed by atoms with van der Waals surface area (Å²) in [7, 11) is 0. The smallest absolute Gasteiger partial charge is 0.335 e. The van der Waals surface area contributed by atoms with Gasteiger partial charge in [0.2, 0.25) is 0 Å². The van der Waals surface area contributed by atoms with Gasteiger partial charge in [0.05, 0.1) is 11.3 Å². The lowest BCUT2D eigenvalue weighted by molar-refractivity contribution is 0.0697. The van der Waals surface area contributed by atoms with Crippen LogP contribution < -0.4 is 5.56 Å². The molecule has 1 N–H and O–H groups in total. The van der Waals surface area contributed by atoms with Gasteiger partial charge in [0.25, 0.3) is 5.56 Å². The van der Waals surface area contributed by atoms with Crippen LogP contribution in [0.4, 0.5) is 0 Å². The molecule has 4 nitrogen and oxygen atoms in total. The van der Waals surface area contributed by atoms with Crippen molar-refractivity contribution < 1.29 is 9.90 Å². The fourth-order valence-electron chi connectivity index (χ4n) is 3.34. The number of carboxylic acid groups (broad SMARTS) is 1. The van der Waals surface area contributed by atoms with Crippen molar-refractivity contribution in [3.63, 3.8) is 0 Å². The van der Waals surface area contributed by atoms with Gasteiger partial charge in [-0.3, -0.25) is 4.79 Å². The summed E-state index contributed by atoms with van der Waals surface area (Å²) in [6.07, 6.45) is 6.76. The molecule has 0 radical (unpaired) electrons. The summed E-state index contributed by atoms with van der Waals surface area (Å²) < 4.78 is 2.59. The predicted octanol–water partition coefficient (Wildman–Crippen LogP) is 5.67. The van der Waals surface area contributed by atoms with E-state index in [4.69, 9.17) is 5.11 Å². The molecule has 1 heterocycles. The number of hydrogen-bond donors (Lipinski definition) is 1. The van der Waals surface area contributed by atoms with Crippen molar-refractivity contribution in [2.45, 2.75) is 32.7 Å². The van der Waals surface area contributed by atoms with E-state index in [-0.39, 0.29) is 11.1 Å². The third-order valence-electron chi connectivity index (χ3n) is 4.92. The van der Waals surface area contributed by atoms with Gasteiger partial charge in [-0.15, -0.1) is 0 Å². The normalized spacial score (nSPS) is 11.1. The van der Waals surface area contributed by atoms with Crippen LogP contribution in [0.1, 0.15) is 46.1 Å². The number of carbonyl (C=O) groups is 1. The summed E-state index contributed by atoms with van der Waals surface area (Å²) in [5, 5.41) is 9.03. The number of aromatic carboxylic acids is 1. The number of halogens is 1. The highest BCUT2D eigenvalue weighted by Gasteiger charge is 2.07. The molecule has 0 fully saturated rings. The molecule has 0 unspecified atom stereocenters. The van der Waals surface area contributed by atoms with E-state index in [0.29, 0.717) is 13.0 Å². The number of aryl methyl sites for hydroxylation is 2. The van der Waals surface area contributed by atoms with E-state index >= 15 is 0 Å². The van der Waals surface area contributed by atoms with Crippen LogP contribution in [0.2, 0.25) is 0 Å². The molecule has 0 saturated heterocycles. The van der Waals surface area contributed by atoms with Gasteiger partial charge in [-0.2, -0.15) is 0 Å². The number of aromatic nitrogens is 1. The van der Waals surface area contributed by atoms with Gasteiger partial charge in [-0.1, -0.05) is 55.8 Å². The molecular weight excluding hydrogens is 442 g/mol. The quantitative estimate of drug-likeness (QED) is 0.465. The molecule has 0 aliphatic carbocycles. The minimum Gasteiger partial charge on any atom is -0.478 e. The standard InChI is InChI=1S/C25H24BrNO3/c1-2-4-19-5-3-6-20(17-19)9-13-23-22(26)12-14-24(28)27(23)16-15-18-7-10-21(11-8-18)25(29)30/h3,5-14,17H,2,4,15-16H2,1H3,(H,29,30)/b13-9+. The zero-order valence-corrected chi connectivity index (χ0v) is 18.4. The van der Waals surface area contributed by atoms with Gasteiger partial charge < -0.3 is 9.67 Å². The molecule has 0 atom stereocenters. The zero-order chi connectivity index (χ0) is 21.5. The Hall–Kier alpha value is -2.92. The maximum atomic E-state index is 12.5. The average Bonchev–Trinajstić information content (AvgIpc) is 2.74. The van der Waals surface area contributed by atoms with Crippen LogP contribution in [0.25, 0.3) is 12.2 Å². The van der Waals surface area contributed by atoms with E-state index in [0.717, 1.165) is 34.1 Å². The fraction of sp³-hybridized carbons (Fsp3) is 0.200. The molecule has 3 rings (SSSR count). The topological polar surface area (TPSA) is 59.3 Å². The molecule has 1 aromatic heterocycles. The van der Waals surface area contributed by atoms with Gasteiger partial charge in [0.1, 0.15) is 0 Å². The number of carboxylic acids is 1. The number of nitrogens with zero attached hydrogens (tertiary/aromatic N) is 1. The highest BCUT2D eigenvalue weighted by Crippen LogP contribution is 2.19. The van der Waals surface area contributed by atoms with Gasteiger partial charge in [0, 0.05) is 17.1 Å². The Labute approximate surface area is 184 Å². The molecule has 0 spiro atoms. The molecule has 0 bridgehead atoms. The molecule has 0 aliphatic rings. The van der Waals surface area contributed by atoms with E-state index in [9.17, 15) is 9.59 Å². The third kappa shape index (κ3) is 5.57. The molecule has 0 aliphatic heterocycles. The first-order valence-corrected chi connectivity index (χ1v) is 10.8. The van der Waals surface area contributed by atoms with Gasteiger partial charge in [-0.25, -0.2) is 4.79 Å². The Kier molecular flexibility index (Phi) is 7.41. The second-order valence-electron chi connectivity index (χ2n) is 7.14. The second kappa shape index (κ2) is 10.2. The van der Waals surface area contributed by atoms with Crippen LogP contribution in [0.3, 0.4) is 0 Å². The van der Waals surface area contributed by atoms with Crippen molar-refractivity contribution in [2.75, 3.05) is 0 Å². The molecule has 0 saturated carbocycles. The van der Waals surface area contributed by atoms with Crippen LogP contribution in [-0.4, -0.2) is 15.6 Å². The van der Waals surface area contributed by atoms with Crippen LogP contribution in [0.5, 0.6) is 0 Å². The van der Waals surface area contributed by atoms with E-state index in [1.165, 1.54) is 5.56 Å². The maximum Gasteiger partial charge on any atom is 0.335 e. The average molecular weight is 466 g/mol. The molecule has 0 amide bonds. The SMILES string of the molecule is CCCc1cccc(/C=C/c2c(Br)ccc(=O)n2CCc2ccc(C(=O)O)cc2)c1. The Bertz CT molecular complexity index is 1110. The van der Waals surface area contributed by atoms with Crippen molar-refractivity contribution in [3.05, 3.63) is 103 Å². The van der Waals surface area contributed by atoms with E-state index in [2.05, 4.69) is 47.1 Å². The van der Waals surface area contributed by atoms with Crippen molar-refractivity contribution in [3.8, 4) is 0 Å². The van der Waals surface area contributed by atoms with Crippen molar-refractivity contribution in [2.24, 2.45) is 0 Å². The summed E-state index contributed by atoms with van der Waals surface area (Å²) in [5.41, 5.74) is 4.38. The lowest BCUT2D eigenvalue weighted by Gasteiger charge is -2.12. The van der Waals surface area contributed by atoms with Crippen LogP contribution >= 0.6 is 15.9 Å². The van der Waals surface area contributed by atoms with Crippen LogP contribution in [0, 0.1) is 0 Å². The Morgan fingerprint density at radius 1 is 1.00 bits per heavy atom. The molecule has 154 valence electrons. The molecule has 3 aromatic rings. The van der Waals surface area contributed by atoms with Gasteiger partial charge in [-0.05, 0) is 69.7 Å². The van der Waals surface area contributed by atoms with Crippen LogP contribution in [-0.2, 0) is 19.4 Å². The summed E-state index contributed by atoms with van der Waals surface area (Å²) in [5.74, 6) is -0.944.